The van der Waals surface area contributed by atoms with Crippen molar-refractivity contribution in [2.75, 3.05) is 39.8 Å². The van der Waals surface area contributed by atoms with E-state index in [9.17, 15) is 0 Å². The highest BCUT2D eigenvalue weighted by Gasteiger charge is 2.30. The Hall–Kier alpha value is -1.57. The Labute approximate surface area is 213 Å². The number of nitrogens with one attached hydrogen (secondary N) is 1. The Morgan fingerprint density at radius 2 is 1.76 bits per heavy atom. The minimum atomic E-state index is 0.0202. The van der Waals surface area contributed by atoms with Crippen LogP contribution in [-0.2, 0) is 6.54 Å². The molecule has 2 aromatic carbocycles. The summed E-state index contributed by atoms with van der Waals surface area (Å²) in [7, 11) is 1.69. The van der Waals surface area contributed by atoms with E-state index in [0.717, 1.165) is 50.6 Å². The molecular weight excluding hydrogens is 475 g/mol. The molecule has 8 heteroatoms. The average molecular weight is 510 g/mol. The van der Waals surface area contributed by atoms with Gasteiger partial charge in [-0.25, -0.2) is 0 Å². The maximum absolute atomic E-state index is 6.19. The third kappa shape index (κ3) is 7.46. The van der Waals surface area contributed by atoms with Gasteiger partial charge >= 0.3 is 0 Å². The summed E-state index contributed by atoms with van der Waals surface area (Å²) in [4.78, 5) is 5.01. The van der Waals surface area contributed by atoms with E-state index in [1.807, 2.05) is 24.3 Å². The van der Waals surface area contributed by atoms with E-state index in [2.05, 4.69) is 47.2 Å². The fourth-order valence-corrected chi connectivity index (χ4v) is 4.90. The first-order valence-electron chi connectivity index (χ1n) is 11.4. The third-order valence-corrected chi connectivity index (χ3v) is 7.22. The minimum absolute atomic E-state index is 0.0202. The fourth-order valence-electron chi connectivity index (χ4n) is 4.45. The summed E-state index contributed by atoms with van der Waals surface area (Å²) in [6.07, 6.45) is 0. The quantitative estimate of drug-likeness (QED) is 0.466. The molecule has 0 radical (unpaired) electrons. The Bertz CT molecular complexity index is 934. The monoisotopic (exact) mass is 508 g/mol. The van der Waals surface area contributed by atoms with Crippen LogP contribution in [0.5, 0.6) is 5.75 Å². The molecule has 1 unspecified atom stereocenters. The predicted molar refractivity (Wildman–Crippen MR) is 142 cm³/mol. The smallest absolute Gasteiger partial charge is 0.164 e. The largest absolute Gasteiger partial charge is 0.497 e. The molecule has 1 saturated heterocycles. The topological polar surface area (TPSA) is 53.8 Å². The molecule has 0 amide bonds. The van der Waals surface area contributed by atoms with Crippen molar-refractivity contribution in [2.24, 2.45) is 17.6 Å². The molecule has 0 aromatic heterocycles. The maximum atomic E-state index is 6.19. The number of thiocarbonyl (C=S) groups is 1. The summed E-state index contributed by atoms with van der Waals surface area (Å²) in [6.45, 7) is 10.4. The molecule has 5 nitrogen and oxygen atoms in total. The van der Waals surface area contributed by atoms with Gasteiger partial charge in [-0.3, -0.25) is 4.90 Å². The number of ether oxygens (including phenoxy) is 1. The van der Waals surface area contributed by atoms with Crippen molar-refractivity contribution in [3.63, 3.8) is 0 Å². The molecule has 2 atom stereocenters. The first kappa shape index (κ1) is 26.0. The highest BCUT2D eigenvalue weighted by atomic mass is 35.5. The summed E-state index contributed by atoms with van der Waals surface area (Å²) >= 11 is 17.5. The van der Waals surface area contributed by atoms with Crippen LogP contribution in [0.2, 0.25) is 10.0 Å². The van der Waals surface area contributed by atoms with E-state index in [1.54, 1.807) is 7.11 Å². The van der Waals surface area contributed by atoms with Gasteiger partial charge < -0.3 is 20.7 Å². The van der Waals surface area contributed by atoms with Crippen molar-refractivity contribution >= 4 is 40.5 Å². The SMILES string of the molecule is COc1cccc(C(NC(N)=S)[C@H](CN2CCN(Cc3ccc(Cl)c(Cl)c3)CC2)C(C)C)c1. The van der Waals surface area contributed by atoms with Crippen LogP contribution >= 0.6 is 35.4 Å². The van der Waals surface area contributed by atoms with Crippen LogP contribution in [0.4, 0.5) is 0 Å². The summed E-state index contributed by atoms with van der Waals surface area (Å²) in [5, 5.41) is 4.89. The Morgan fingerprint density at radius 3 is 2.36 bits per heavy atom. The lowest BCUT2D eigenvalue weighted by atomic mass is 9.83. The molecule has 1 fully saturated rings. The molecule has 3 N–H and O–H groups in total. The van der Waals surface area contributed by atoms with Crippen molar-refractivity contribution in [3.8, 4) is 5.75 Å². The molecule has 0 aliphatic carbocycles. The van der Waals surface area contributed by atoms with E-state index in [-0.39, 0.29) is 6.04 Å². The van der Waals surface area contributed by atoms with E-state index in [4.69, 9.17) is 45.9 Å². The van der Waals surface area contributed by atoms with Gasteiger partial charge in [0.15, 0.2) is 5.11 Å². The van der Waals surface area contributed by atoms with Crippen molar-refractivity contribution in [1.29, 1.82) is 0 Å². The number of nitrogens with zero attached hydrogens (tertiary/aromatic N) is 2. The average Bonchev–Trinajstić information content (AvgIpc) is 2.79. The van der Waals surface area contributed by atoms with Crippen LogP contribution in [-0.4, -0.2) is 54.7 Å². The van der Waals surface area contributed by atoms with Gasteiger partial charge in [-0.15, -0.1) is 0 Å². The van der Waals surface area contributed by atoms with Crippen molar-refractivity contribution in [3.05, 3.63) is 63.6 Å². The lowest BCUT2D eigenvalue weighted by Gasteiger charge is -2.40. The lowest BCUT2D eigenvalue weighted by molar-refractivity contribution is 0.0955. The molecule has 0 saturated carbocycles. The second kappa shape index (κ2) is 12.2. The van der Waals surface area contributed by atoms with Crippen LogP contribution in [0.3, 0.4) is 0 Å². The molecular formula is C25H34Cl2N4OS. The normalized spacial score (nSPS) is 17.0. The van der Waals surface area contributed by atoms with Gasteiger partial charge in [-0.05, 0) is 59.4 Å². The van der Waals surface area contributed by atoms with Gasteiger partial charge in [0.2, 0.25) is 0 Å². The van der Waals surface area contributed by atoms with Gasteiger partial charge in [-0.1, -0.05) is 55.2 Å². The second-order valence-electron chi connectivity index (χ2n) is 9.00. The van der Waals surface area contributed by atoms with Crippen LogP contribution in [0.25, 0.3) is 0 Å². The summed E-state index contributed by atoms with van der Waals surface area (Å²) in [5.41, 5.74) is 8.26. The molecule has 3 rings (SSSR count). The summed E-state index contributed by atoms with van der Waals surface area (Å²) in [5.74, 6) is 1.61. The molecule has 1 aliphatic heterocycles. The van der Waals surface area contributed by atoms with Crippen LogP contribution < -0.4 is 15.8 Å². The second-order valence-corrected chi connectivity index (χ2v) is 10.3. The number of nitrogens with two attached hydrogens (primary N) is 1. The molecule has 33 heavy (non-hydrogen) atoms. The first-order chi connectivity index (χ1) is 15.8. The standard InChI is InChI=1S/C25H34Cl2N4OS/c1-17(2)21(24(29-25(28)33)19-5-4-6-20(14-19)32-3)16-31-11-9-30(10-12-31)15-18-7-8-22(26)23(27)13-18/h4-8,13-14,17,21,24H,9-12,15-16H2,1-3H3,(H3,28,29,33)/t21-,24?/m1/s1. The molecule has 0 spiro atoms. The Kier molecular flexibility index (Phi) is 9.65. The van der Waals surface area contributed by atoms with E-state index in [0.29, 0.717) is 27.0 Å². The molecule has 2 aromatic rings. The Morgan fingerprint density at radius 1 is 1.06 bits per heavy atom. The third-order valence-electron chi connectivity index (χ3n) is 6.36. The van der Waals surface area contributed by atoms with Crippen LogP contribution in [0.15, 0.2) is 42.5 Å². The Balaban J connectivity index is 1.65. The van der Waals surface area contributed by atoms with Crippen molar-refractivity contribution in [1.82, 2.24) is 15.1 Å². The number of hydrogen-bond donors (Lipinski definition) is 2. The highest BCUT2D eigenvalue weighted by molar-refractivity contribution is 7.80. The molecule has 180 valence electrons. The van der Waals surface area contributed by atoms with Gasteiger partial charge in [0.05, 0.1) is 23.2 Å². The number of piperazine rings is 1. The zero-order chi connectivity index (χ0) is 24.0. The van der Waals surface area contributed by atoms with Gasteiger partial charge in [-0.2, -0.15) is 0 Å². The van der Waals surface area contributed by atoms with Crippen LogP contribution in [0.1, 0.15) is 31.0 Å². The lowest BCUT2D eigenvalue weighted by Crippen LogP contribution is -2.50. The van der Waals surface area contributed by atoms with Crippen molar-refractivity contribution < 1.29 is 4.74 Å². The summed E-state index contributed by atoms with van der Waals surface area (Å²) < 4.78 is 5.45. The number of rotatable bonds is 9. The number of benzene rings is 2. The zero-order valence-electron chi connectivity index (χ0n) is 19.6. The highest BCUT2D eigenvalue weighted by Crippen LogP contribution is 2.31. The number of methoxy groups -OCH3 is 1. The maximum Gasteiger partial charge on any atom is 0.164 e. The van der Waals surface area contributed by atoms with Gasteiger partial charge in [0.25, 0.3) is 0 Å². The van der Waals surface area contributed by atoms with Gasteiger partial charge in [0, 0.05) is 39.3 Å². The number of hydrogen-bond acceptors (Lipinski definition) is 4. The summed E-state index contributed by atoms with van der Waals surface area (Å²) in [6, 6.07) is 14.1. The van der Waals surface area contributed by atoms with E-state index < -0.39 is 0 Å². The van der Waals surface area contributed by atoms with Crippen LogP contribution in [0, 0.1) is 11.8 Å². The molecule has 0 bridgehead atoms. The minimum Gasteiger partial charge on any atom is -0.497 e. The van der Waals surface area contributed by atoms with Crippen molar-refractivity contribution in [2.45, 2.75) is 26.4 Å². The van der Waals surface area contributed by atoms with E-state index >= 15 is 0 Å². The zero-order valence-corrected chi connectivity index (χ0v) is 21.9. The molecule has 1 heterocycles. The van der Waals surface area contributed by atoms with E-state index in [1.165, 1.54) is 5.56 Å². The fraction of sp³-hybridized carbons (Fsp3) is 0.480. The first-order valence-corrected chi connectivity index (χ1v) is 12.5. The number of halogens is 2. The predicted octanol–water partition coefficient (Wildman–Crippen LogP) is 4.97. The van der Waals surface area contributed by atoms with Gasteiger partial charge in [0.1, 0.15) is 5.75 Å². The molecule has 1 aliphatic rings.